The Kier molecular flexibility index (Phi) is 6.11. The summed E-state index contributed by atoms with van der Waals surface area (Å²) in [6.45, 7) is 5.61. The molecule has 19 heavy (non-hydrogen) atoms. The minimum absolute atomic E-state index is 0.0611. The average Bonchev–Trinajstić information content (AvgIpc) is 2.32. The Balaban J connectivity index is 2.61. The second-order valence-corrected chi connectivity index (χ2v) is 5.79. The van der Waals surface area contributed by atoms with Gasteiger partial charge in [0.1, 0.15) is 0 Å². The Morgan fingerprint density at radius 2 is 1.89 bits per heavy atom. The number of carbonyl (C=O) groups excluding carboxylic acids is 1. The van der Waals surface area contributed by atoms with E-state index in [1.54, 1.807) is 12.1 Å². The minimum Gasteiger partial charge on any atom is -0.392 e. The van der Waals surface area contributed by atoms with Gasteiger partial charge in [-0.1, -0.05) is 43.1 Å². The summed E-state index contributed by atoms with van der Waals surface area (Å²) in [5.41, 5.74) is 0.877. The summed E-state index contributed by atoms with van der Waals surface area (Å²) in [4.78, 5) is 11.8. The van der Waals surface area contributed by atoms with Gasteiger partial charge in [0.15, 0.2) is 0 Å². The molecule has 3 nitrogen and oxygen atoms in total. The predicted octanol–water partition coefficient (Wildman–Crippen LogP) is 3.58. The van der Waals surface area contributed by atoms with Gasteiger partial charge in [-0.2, -0.15) is 0 Å². The zero-order valence-corrected chi connectivity index (χ0v) is 12.8. The lowest BCUT2D eigenvalue weighted by Crippen LogP contribution is -2.31. The summed E-state index contributed by atoms with van der Waals surface area (Å²) in [5.74, 6) is -0.120. The fourth-order valence-electron chi connectivity index (χ4n) is 1.59. The van der Waals surface area contributed by atoms with Crippen molar-refractivity contribution in [1.29, 1.82) is 0 Å². The van der Waals surface area contributed by atoms with Crippen LogP contribution in [-0.2, 0) is 4.79 Å². The fraction of sp³-hybridized carbons (Fsp3) is 0.500. The standard InChI is InChI=1S/C14H19Cl2NO2/c1-8(2)13(18)7-14(19)17-9(3)10-4-5-11(15)12(16)6-10/h4-6,8-9,13,18H,7H2,1-3H3,(H,17,19). The van der Waals surface area contributed by atoms with Crippen LogP contribution in [0, 0.1) is 5.92 Å². The third-order valence-electron chi connectivity index (χ3n) is 2.99. The van der Waals surface area contributed by atoms with Gasteiger partial charge in [-0.15, -0.1) is 0 Å². The van der Waals surface area contributed by atoms with Gasteiger partial charge in [0.25, 0.3) is 0 Å². The van der Waals surface area contributed by atoms with Gasteiger partial charge in [-0.25, -0.2) is 0 Å². The monoisotopic (exact) mass is 303 g/mol. The molecule has 1 aromatic carbocycles. The molecule has 0 heterocycles. The summed E-state index contributed by atoms with van der Waals surface area (Å²) in [7, 11) is 0. The van der Waals surface area contributed by atoms with Crippen molar-refractivity contribution in [3.05, 3.63) is 33.8 Å². The number of hydrogen-bond acceptors (Lipinski definition) is 2. The molecule has 0 aromatic heterocycles. The molecule has 0 spiro atoms. The second kappa shape index (κ2) is 7.13. The van der Waals surface area contributed by atoms with E-state index in [0.29, 0.717) is 10.0 Å². The molecule has 0 bridgehead atoms. The highest BCUT2D eigenvalue weighted by Crippen LogP contribution is 2.25. The van der Waals surface area contributed by atoms with E-state index in [1.807, 2.05) is 26.8 Å². The fourth-order valence-corrected chi connectivity index (χ4v) is 1.90. The molecule has 0 saturated heterocycles. The van der Waals surface area contributed by atoms with Crippen LogP contribution in [0.15, 0.2) is 18.2 Å². The first-order chi connectivity index (χ1) is 8.81. The maximum absolute atomic E-state index is 11.8. The van der Waals surface area contributed by atoms with Gasteiger partial charge in [-0.3, -0.25) is 4.79 Å². The molecular formula is C14H19Cl2NO2. The van der Waals surface area contributed by atoms with E-state index < -0.39 is 6.10 Å². The molecule has 0 aliphatic heterocycles. The van der Waals surface area contributed by atoms with Crippen molar-refractivity contribution in [3.8, 4) is 0 Å². The molecule has 2 atom stereocenters. The van der Waals surface area contributed by atoms with E-state index in [-0.39, 0.29) is 24.3 Å². The number of nitrogens with one attached hydrogen (secondary N) is 1. The molecule has 0 aliphatic carbocycles. The zero-order valence-electron chi connectivity index (χ0n) is 11.3. The third-order valence-corrected chi connectivity index (χ3v) is 3.72. The van der Waals surface area contributed by atoms with Crippen LogP contribution < -0.4 is 5.32 Å². The van der Waals surface area contributed by atoms with Crippen molar-refractivity contribution < 1.29 is 9.90 Å². The van der Waals surface area contributed by atoms with Crippen molar-refractivity contribution in [2.75, 3.05) is 0 Å². The van der Waals surface area contributed by atoms with Crippen molar-refractivity contribution in [1.82, 2.24) is 5.32 Å². The van der Waals surface area contributed by atoms with E-state index >= 15 is 0 Å². The van der Waals surface area contributed by atoms with Gasteiger partial charge in [0, 0.05) is 0 Å². The minimum atomic E-state index is -0.624. The molecule has 0 radical (unpaired) electrons. The molecule has 1 amide bonds. The number of hydrogen-bond donors (Lipinski definition) is 2. The SMILES string of the molecule is CC(NC(=O)CC(O)C(C)C)c1ccc(Cl)c(Cl)c1. The Bertz CT molecular complexity index is 449. The molecule has 1 rings (SSSR count). The Morgan fingerprint density at radius 3 is 2.42 bits per heavy atom. The first-order valence-electron chi connectivity index (χ1n) is 6.23. The molecular weight excluding hydrogens is 285 g/mol. The van der Waals surface area contributed by atoms with Crippen molar-refractivity contribution in [3.63, 3.8) is 0 Å². The Labute approximate surface area is 123 Å². The van der Waals surface area contributed by atoms with Crippen LogP contribution >= 0.6 is 23.2 Å². The van der Waals surface area contributed by atoms with Gasteiger partial charge < -0.3 is 10.4 Å². The van der Waals surface area contributed by atoms with Crippen molar-refractivity contribution in [2.24, 2.45) is 5.92 Å². The number of halogens is 2. The van der Waals surface area contributed by atoms with Crippen molar-refractivity contribution >= 4 is 29.1 Å². The van der Waals surface area contributed by atoms with Crippen LogP contribution in [0.5, 0.6) is 0 Å². The summed E-state index contributed by atoms with van der Waals surface area (Å²) in [6, 6.07) is 5.07. The van der Waals surface area contributed by atoms with E-state index in [9.17, 15) is 9.90 Å². The Morgan fingerprint density at radius 1 is 1.26 bits per heavy atom. The number of benzene rings is 1. The molecule has 0 fully saturated rings. The topological polar surface area (TPSA) is 49.3 Å². The summed E-state index contributed by atoms with van der Waals surface area (Å²) < 4.78 is 0. The summed E-state index contributed by atoms with van der Waals surface area (Å²) >= 11 is 11.8. The lowest BCUT2D eigenvalue weighted by Gasteiger charge is -2.18. The highest BCUT2D eigenvalue weighted by molar-refractivity contribution is 6.42. The van der Waals surface area contributed by atoms with E-state index in [2.05, 4.69) is 5.32 Å². The number of aliphatic hydroxyl groups excluding tert-OH is 1. The average molecular weight is 304 g/mol. The lowest BCUT2D eigenvalue weighted by molar-refractivity contribution is -0.124. The Hall–Kier alpha value is -0.770. The molecule has 1 aromatic rings. The number of aliphatic hydroxyl groups is 1. The number of rotatable bonds is 5. The largest absolute Gasteiger partial charge is 0.392 e. The highest BCUT2D eigenvalue weighted by Gasteiger charge is 2.16. The maximum Gasteiger partial charge on any atom is 0.223 e. The van der Waals surface area contributed by atoms with Crippen LogP contribution in [0.4, 0.5) is 0 Å². The van der Waals surface area contributed by atoms with Gasteiger partial charge in [-0.05, 0) is 30.5 Å². The maximum atomic E-state index is 11.8. The van der Waals surface area contributed by atoms with Crippen LogP contribution in [0.2, 0.25) is 10.0 Å². The second-order valence-electron chi connectivity index (χ2n) is 4.98. The normalized spacial score (nSPS) is 14.3. The number of carbonyl (C=O) groups is 1. The van der Waals surface area contributed by atoms with Gasteiger partial charge in [0.05, 0.1) is 28.6 Å². The zero-order chi connectivity index (χ0) is 14.6. The van der Waals surface area contributed by atoms with Crippen molar-refractivity contribution in [2.45, 2.75) is 39.3 Å². The summed E-state index contributed by atoms with van der Waals surface area (Å²) in [5, 5.41) is 13.4. The first kappa shape index (κ1) is 16.3. The molecule has 106 valence electrons. The third kappa shape index (κ3) is 5.01. The molecule has 0 saturated carbocycles. The number of amides is 1. The molecule has 2 unspecified atom stereocenters. The first-order valence-corrected chi connectivity index (χ1v) is 6.99. The quantitative estimate of drug-likeness (QED) is 0.873. The van der Waals surface area contributed by atoms with Gasteiger partial charge >= 0.3 is 0 Å². The lowest BCUT2D eigenvalue weighted by atomic mass is 10.0. The van der Waals surface area contributed by atoms with Gasteiger partial charge in [0.2, 0.25) is 5.91 Å². The smallest absolute Gasteiger partial charge is 0.223 e. The predicted molar refractivity (Wildman–Crippen MR) is 78.5 cm³/mol. The van der Waals surface area contributed by atoms with Crippen LogP contribution in [0.3, 0.4) is 0 Å². The van der Waals surface area contributed by atoms with Crippen LogP contribution in [0.1, 0.15) is 38.8 Å². The molecule has 0 aliphatic rings. The van der Waals surface area contributed by atoms with E-state index in [0.717, 1.165) is 5.56 Å². The van der Waals surface area contributed by atoms with Crippen LogP contribution in [0.25, 0.3) is 0 Å². The molecule has 5 heteroatoms. The van der Waals surface area contributed by atoms with E-state index in [1.165, 1.54) is 0 Å². The highest BCUT2D eigenvalue weighted by atomic mass is 35.5. The summed E-state index contributed by atoms with van der Waals surface area (Å²) in [6.07, 6.45) is -0.524. The van der Waals surface area contributed by atoms with E-state index in [4.69, 9.17) is 23.2 Å². The molecule has 2 N–H and O–H groups in total. The van der Waals surface area contributed by atoms with Crippen LogP contribution in [-0.4, -0.2) is 17.1 Å².